The number of carbonyl (C=O) groups is 1. The van der Waals surface area contributed by atoms with E-state index >= 15 is 0 Å². The van der Waals surface area contributed by atoms with Crippen LogP contribution in [0.3, 0.4) is 0 Å². The maximum absolute atomic E-state index is 11.9. The van der Waals surface area contributed by atoms with Crippen molar-refractivity contribution >= 4 is 28.9 Å². The van der Waals surface area contributed by atoms with Gasteiger partial charge >= 0.3 is 0 Å². The topological polar surface area (TPSA) is 125 Å². The Morgan fingerprint density at radius 3 is 2.85 bits per heavy atom. The summed E-state index contributed by atoms with van der Waals surface area (Å²) < 4.78 is 0. The van der Waals surface area contributed by atoms with Crippen LogP contribution in [0.1, 0.15) is 16.1 Å². The number of hydrogen-bond donors (Lipinski definition) is 2. The zero-order chi connectivity index (χ0) is 14.7. The molecule has 0 unspecified atom stereocenters. The van der Waals surface area contributed by atoms with E-state index in [9.17, 15) is 14.9 Å². The van der Waals surface area contributed by atoms with Gasteiger partial charge in [0.2, 0.25) is 0 Å². The van der Waals surface area contributed by atoms with Gasteiger partial charge in [0.05, 0.1) is 27.4 Å². The van der Waals surface area contributed by atoms with Gasteiger partial charge < -0.3 is 5.32 Å². The molecule has 20 heavy (non-hydrogen) atoms. The fraction of sp³-hybridized carbons (Fsp3) is 0. The molecule has 0 bridgehead atoms. The minimum Gasteiger partial charge on any atom is -0.319 e. The van der Waals surface area contributed by atoms with Crippen LogP contribution < -0.4 is 5.32 Å². The number of nitriles is 1. The number of non-ortho nitro benzene ring substituents is 1. The van der Waals surface area contributed by atoms with E-state index in [4.69, 9.17) is 16.9 Å². The molecular formula is C11H6ClN5O3. The number of hydrogen-bond acceptors (Lipinski definition) is 5. The van der Waals surface area contributed by atoms with E-state index in [0.29, 0.717) is 0 Å². The predicted octanol–water partition coefficient (Wildman–Crippen LogP) is 2.10. The molecule has 1 aromatic heterocycles. The normalized spacial score (nSPS) is 9.80. The molecule has 2 N–H and O–H groups in total. The summed E-state index contributed by atoms with van der Waals surface area (Å²) in [5.74, 6) is -0.599. The number of nitro benzene ring substituents is 1. The Kier molecular flexibility index (Phi) is 3.63. The molecule has 0 saturated carbocycles. The first-order chi connectivity index (χ1) is 9.52. The number of aromatic amines is 1. The molecular weight excluding hydrogens is 286 g/mol. The van der Waals surface area contributed by atoms with Crippen LogP contribution in [0.2, 0.25) is 5.02 Å². The molecule has 0 radical (unpaired) electrons. The van der Waals surface area contributed by atoms with Crippen molar-refractivity contribution in [3.8, 4) is 6.07 Å². The fourth-order valence-corrected chi connectivity index (χ4v) is 1.64. The van der Waals surface area contributed by atoms with Crippen LogP contribution in [-0.2, 0) is 0 Å². The van der Waals surface area contributed by atoms with Gasteiger partial charge in [-0.2, -0.15) is 10.4 Å². The van der Waals surface area contributed by atoms with Crippen molar-refractivity contribution in [2.24, 2.45) is 0 Å². The van der Waals surface area contributed by atoms with Crippen molar-refractivity contribution < 1.29 is 9.72 Å². The van der Waals surface area contributed by atoms with Gasteiger partial charge in [-0.25, -0.2) is 0 Å². The van der Waals surface area contributed by atoms with Crippen molar-refractivity contribution in [1.82, 2.24) is 10.2 Å². The number of nitrogens with zero attached hydrogens (tertiary/aromatic N) is 3. The van der Waals surface area contributed by atoms with Crippen LogP contribution in [0.5, 0.6) is 0 Å². The van der Waals surface area contributed by atoms with Crippen LogP contribution in [0, 0.1) is 21.4 Å². The number of nitrogens with one attached hydrogen (secondary N) is 2. The van der Waals surface area contributed by atoms with E-state index in [1.807, 2.05) is 0 Å². The summed E-state index contributed by atoms with van der Waals surface area (Å²) in [5.41, 5.74) is -0.0787. The third-order valence-corrected chi connectivity index (χ3v) is 2.69. The van der Waals surface area contributed by atoms with E-state index in [2.05, 4.69) is 15.5 Å². The largest absolute Gasteiger partial charge is 0.319 e. The van der Waals surface area contributed by atoms with E-state index in [-0.39, 0.29) is 27.7 Å². The summed E-state index contributed by atoms with van der Waals surface area (Å²) in [7, 11) is 0. The van der Waals surface area contributed by atoms with Gasteiger partial charge in [0.25, 0.3) is 11.6 Å². The predicted molar refractivity (Wildman–Crippen MR) is 69.4 cm³/mol. The van der Waals surface area contributed by atoms with Crippen molar-refractivity contribution in [2.45, 2.75) is 0 Å². The number of H-pyrrole nitrogens is 1. The standard InChI is InChI=1S/C11H6ClN5O3/c12-8-5-14-16-10(8)11(18)15-9-2-1-7(17(19)20)3-6(9)4-13/h1-3,5H,(H,14,16)(H,15,18). The van der Waals surface area contributed by atoms with Crippen LogP contribution >= 0.6 is 11.6 Å². The summed E-state index contributed by atoms with van der Waals surface area (Å²) in [6, 6.07) is 5.31. The number of anilines is 1. The lowest BCUT2D eigenvalue weighted by molar-refractivity contribution is -0.384. The van der Waals surface area contributed by atoms with Crippen molar-refractivity contribution in [3.05, 3.63) is 50.8 Å². The fourth-order valence-electron chi connectivity index (χ4n) is 1.46. The number of benzene rings is 1. The second-order valence-corrected chi connectivity index (χ2v) is 4.05. The number of nitro groups is 1. The average molecular weight is 292 g/mol. The monoisotopic (exact) mass is 291 g/mol. The molecule has 0 spiro atoms. The quantitative estimate of drug-likeness (QED) is 0.661. The lowest BCUT2D eigenvalue weighted by atomic mass is 10.1. The van der Waals surface area contributed by atoms with Crippen LogP contribution in [0.15, 0.2) is 24.4 Å². The summed E-state index contributed by atoms with van der Waals surface area (Å²) in [4.78, 5) is 21.9. The Hall–Kier alpha value is -2.92. The molecule has 100 valence electrons. The van der Waals surface area contributed by atoms with Crippen molar-refractivity contribution in [3.63, 3.8) is 0 Å². The lowest BCUT2D eigenvalue weighted by Crippen LogP contribution is -2.14. The molecule has 2 rings (SSSR count). The minimum absolute atomic E-state index is 0.0248. The van der Waals surface area contributed by atoms with E-state index in [1.165, 1.54) is 18.3 Å². The van der Waals surface area contributed by atoms with Gasteiger partial charge in [0.1, 0.15) is 11.8 Å². The van der Waals surface area contributed by atoms with E-state index < -0.39 is 10.8 Å². The summed E-state index contributed by atoms with van der Waals surface area (Å²) >= 11 is 5.73. The smallest absolute Gasteiger partial charge is 0.275 e. The highest BCUT2D eigenvalue weighted by Gasteiger charge is 2.16. The molecule has 1 heterocycles. The third-order valence-electron chi connectivity index (χ3n) is 2.40. The first kappa shape index (κ1) is 13.5. The molecule has 9 heteroatoms. The number of amides is 1. The summed E-state index contributed by atoms with van der Waals surface area (Å²) in [6.07, 6.45) is 1.26. The van der Waals surface area contributed by atoms with Crippen LogP contribution in [0.25, 0.3) is 0 Å². The van der Waals surface area contributed by atoms with Gasteiger partial charge in [-0.3, -0.25) is 20.0 Å². The molecule has 0 aliphatic carbocycles. The Labute approximate surface area is 117 Å². The number of carbonyl (C=O) groups excluding carboxylic acids is 1. The molecule has 0 aliphatic heterocycles. The van der Waals surface area contributed by atoms with Crippen molar-refractivity contribution in [2.75, 3.05) is 5.32 Å². The summed E-state index contributed by atoms with van der Waals surface area (Å²) in [6.45, 7) is 0. The number of halogens is 1. The molecule has 0 atom stereocenters. The molecule has 0 saturated heterocycles. The van der Waals surface area contributed by atoms with Gasteiger partial charge in [0, 0.05) is 12.1 Å². The van der Waals surface area contributed by atoms with Crippen LogP contribution in [0.4, 0.5) is 11.4 Å². The van der Waals surface area contributed by atoms with E-state index in [0.717, 1.165) is 6.07 Å². The second kappa shape index (κ2) is 5.38. The van der Waals surface area contributed by atoms with Gasteiger partial charge in [0.15, 0.2) is 0 Å². The van der Waals surface area contributed by atoms with Gasteiger partial charge in [-0.15, -0.1) is 0 Å². The molecule has 8 nitrogen and oxygen atoms in total. The van der Waals surface area contributed by atoms with Crippen molar-refractivity contribution in [1.29, 1.82) is 5.26 Å². The Morgan fingerprint density at radius 1 is 1.55 bits per heavy atom. The van der Waals surface area contributed by atoms with Gasteiger partial charge in [-0.05, 0) is 6.07 Å². The summed E-state index contributed by atoms with van der Waals surface area (Å²) in [5, 5.41) is 28.1. The molecule has 1 aromatic carbocycles. The maximum atomic E-state index is 11.9. The molecule has 2 aromatic rings. The maximum Gasteiger partial charge on any atom is 0.275 e. The average Bonchev–Trinajstić information content (AvgIpc) is 2.85. The Morgan fingerprint density at radius 2 is 2.30 bits per heavy atom. The first-order valence-electron chi connectivity index (χ1n) is 5.21. The highest BCUT2D eigenvalue weighted by atomic mass is 35.5. The zero-order valence-electron chi connectivity index (χ0n) is 9.75. The lowest BCUT2D eigenvalue weighted by Gasteiger charge is -2.05. The van der Waals surface area contributed by atoms with Gasteiger partial charge in [-0.1, -0.05) is 11.6 Å². The Balaban J connectivity index is 2.31. The SMILES string of the molecule is N#Cc1cc([N+](=O)[O-])ccc1NC(=O)c1[nH]ncc1Cl. The number of rotatable bonds is 3. The minimum atomic E-state index is -0.627. The van der Waals surface area contributed by atoms with Crippen LogP contribution in [-0.4, -0.2) is 21.0 Å². The second-order valence-electron chi connectivity index (χ2n) is 3.65. The zero-order valence-corrected chi connectivity index (χ0v) is 10.5. The molecule has 0 fully saturated rings. The highest BCUT2D eigenvalue weighted by molar-refractivity contribution is 6.34. The molecule has 1 amide bonds. The third kappa shape index (κ3) is 2.57. The van der Waals surface area contributed by atoms with E-state index in [1.54, 1.807) is 6.07 Å². The number of aromatic nitrogens is 2. The molecule has 0 aliphatic rings. The first-order valence-corrected chi connectivity index (χ1v) is 5.59. The highest BCUT2D eigenvalue weighted by Crippen LogP contribution is 2.22. The Bertz CT molecular complexity index is 734.